The van der Waals surface area contributed by atoms with E-state index >= 15 is 0 Å². The van der Waals surface area contributed by atoms with E-state index in [0.29, 0.717) is 16.8 Å². The average molecular weight is 344 g/mol. The van der Waals surface area contributed by atoms with Crippen molar-refractivity contribution in [1.29, 1.82) is 0 Å². The first-order valence-electron chi connectivity index (χ1n) is 6.35. The van der Waals surface area contributed by atoms with Crippen molar-refractivity contribution in [1.82, 2.24) is 4.98 Å². The van der Waals surface area contributed by atoms with Gasteiger partial charge in [0.25, 0.3) is 0 Å². The lowest BCUT2D eigenvalue weighted by molar-refractivity contribution is 0.480. The Morgan fingerprint density at radius 2 is 1.90 bits per heavy atom. The molecule has 2 nitrogen and oxygen atoms in total. The quantitative estimate of drug-likeness (QED) is 0.709. The molecule has 0 aliphatic rings. The molecule has 0 aliphatic carbocycles. The number of para-hydroxylation sites is 1. The molecule has 1 aromatic heterocycles. The second kappa shape index (κ2) is 5.66. The molecule has 0 aliphatic heterocycles. The minimum atomic E-state index is -0.293. The largest absolute Gasteiger partial charge is 0.506 e. The molecule has 0 atom stereocenters. The summed E-state index contributed by atoms with van der Waals surface area (Å²) in [5, 5.41) is 10.7. The Morgan fingerprint density at radius 3 is 2.76 bits per heavy atom. The first-order chi connectivity index (χ1) is 10.1. The van der Waals surface area contributed by atoms with Gasteiger partial charge in [-0.05, 0) is 42.5 Å². The molecule has 104 valence electrons. The number of hydrogen-bond donors (Lipinski definition) is 1. The lowest BCUT2D eigenvalue weighted by Crippen LogP contribution is -1.85. The average Bonchev–Trinajstić information content (AvgIpc) is 2.49. The molecular weight excluding hydrogens is 333 g/mol. The predicted molar refractivity (Wildman–Crippen MR) is 86.4 cm³/mol. The Balaban J connectivity index is 1.99. The van der Waals surface area contributed by atoms with Crippen molar-refractivity contribution < 1.29 is 9.50 Å². The van der Waals surface area contributed by atoms with E-state index in [1.807, 2.05) is 18.2 Å². The van der Waals surface area contributed by atoms with Crippen LogP contribution in [0.1, 0.15) is 11.3 Å². The monoisotopic (exact) mass is 343 g/mol. The van der Waals surface area contributed by atoms with E-state index in [1.54, 1.807) is 36.4 Å². The molecule has 0 fully saturated rings. The lowest BCUT2D eigenvalue weighted by atomic mass is 10.1. The Hall–Kier alpha value is -2.20. The third-order valence-corrected chi connectivity index (χ3v) is 3.61. The minimum absolute atomic E-state index is 0.136. The summed E-state index contributed by atoms with van der Waals surface area (Å²) in [5.41, 5.74) is 1.67. The molecule has 4 heteroatoms. The third kappa shape index (κ3) is 2.95. The van der Waals surface area contributed by atoms with Crippen molar-refractivity contribution in [3.05, 3.63) is 70.1 Å². The molecule has 3 rings (SSSR count). The van der Waals surface area contributed by atoms with Crippen LogP contribution in [0.25, 0.3) is 23.1 Å². The number of rotatable bonds is 2. The third-order valence-electron chi connectivity index (χ3n) is 3.11. The van der Waals surface area contributed by atoms with Crippen molar-refractivity contribution >= 4 is 39.0 Å². The molecule has 0 amide bonds. The summed E-state index contributed by atoms with van der Waals surface area (Å²) in [4.78, 5) is 4.37. The number of pyridine rings is 1. The van der Waals surface area contributed by atoms with Crippen LogP contribution >= 0.6 is 15.9 Å². The molecule has 21 heavy (non-hydrogen) atoms. The topological polar surface area (TPSA) is 33.1 Å². The smallest absolute Gasteiger partial charge is 0.141 e. The van der Waals surface area contributed by atoms with Crippen LogP contribution in [0.4, 0.5) is 4.39 Å². The Kier molecular flexibility index (Phi) is 3.71. The van der Waals surface area contributed by atoms with Gasteiger partial charge in [-0.3, -0.25) is 0 Å². The fourth-order valence-electron chi connectivity index (χ4n) is 2.06. The van der Waals surface area contributed by atoms with Gasteiger partial charge in [-0.15, -0.1) is 0 Å². The molecular formula is C17H11BrFNO. The van der Waals surface area contributed by atoms with E-state index in [1.165, 1.54) is 6.07 Å². The maximum Gasteiger partial charge on any atom is 0.141 e. The summed E-state index contributed by atoms with van der Waals surface area (Å²) < 4.78 is 14.5. The van der Waals surface area contributed by atoms with Crippen LogP contribution in [0.15, 0.2) is 53.0 Å². The molecule has 1 heterocycles. The van der Waals surface area contributed by atoms with E-state index in [-0.39, 0.29) is 11.6 Å². The fraction of sp³-hybridized carbons (Fsp3) is 0. The van der Waals surface area contributed by atoms with Gasteiger partial charge in [0.2, 0.25) is 0 Å². The van der Waals surface area contributed by atoms with E-state index < -0.39 is 0 Å². The van der Waals surface area contributed by atoms with Crippen molar-refractivity contribution in [2.24, 2.45) is 0 Å². The Morgan fingerprint density at radius 1 is 1.05 bits per heavy atom. The van der Waals surface area contributed by atoms with E-state index in [4.69, 9.17) is 0 Å². The summed E-state index contributed by atoms with van der Waals surface area (Å²) >= 11 is 3.32. The van der Waals surface area contributed by atoms with Crippen molar-refractivity contribution in [2.75, 3.05) is 0 Å². The zero-order valence-corrected chi connectivity index (χ0v) is 12.5. The summed E-state index contributed by atoms with van der Waals surface area (Å²) in [7, 11) is 0. The molecule has 0 radical (unpaired) electrons. The second-order valence-corrected chi connectivity index (χ2v) is 5.50. The minimum Gasteiger partial charge on any atom is -0.506 e. The van der Waals surface area contributed by atoms with Crippen LogP contribution in [0.5, 0.6) is 5.75 Å². The number of phenolic OH excluding ortho intramolecular Hbond substituents is 1. The SMILES string of the molecule is Oc1cccc2ccc(/C=C/c3cc(Br)ccc3F)nc12. The normalized spacial score (nSPS) is 11.3. The van der Waals surface area contributed by atoms with Gasteiger partial charge in [-0.1, -0.05) is 34.1 Å². The molecule has 3 aromatic rings. The summed E-state index contributed by atoms with van der Waals surface area (Å²) in [6.07, 6.45) is 3.38. The van der Waals surface area contributed by atoms with Gasteiger partial charge in [0.05, 0.1) is 5.69 Å². The number of aromatic nitrogens is 1. The summed E-state index contributed by atoms with van der Waals surface area (Å²) in [6.45, 7) is 0. The first kappa shape index (κ1) is 13.8. The number of phenols is 1. The number of halogens is 2. The van der Waals surface area contributed by atoms with E-state index in [2.05, 4.69) is 20.9 Å². The van der Waals surface area contributed by atoms with Crippen LogP contribution in [-0.4, -0.2) is 10.1 Å². The molecule has 0 saturated carbocycles. The predicted octanol–water partition coefficient (Wildman–Crippen LogP) is 5.01. The second-order valence-electron chi connectivity index (χ2n) is 4.58. The maximum absolute atomic E-state index is 13.7. The fourth-order valence-corrected chi connectivity index (χ4v) is 2.44. The number of fused-ring (bicyclic) bond motifs is 1. The van der Waals surface area contributed by atoms with Crippen LogP contribution in [0.2, 0.25) is 0 Å². The molecule has 2 aromatic carbocycles. The van der Waals surface area contributed by atoms with Crippen molar-refractivity contribution in [2.45, 2.75) is 0 Å². The van der Waals surface area contributed by atoms with Crippen molar-refractivity contribution in [3.8, 4) is 5.75 Å². The molecule has 1 N–H and O–H groups in total. The maximum atomic E-state index is 13.7. The van der Waals surface area contributed by atoms with Gasteiger partial charge in [-0.2, -0.15) is 0 Å². The van der Waals surface area contributed by atoms with E-state index in [0.717, 1.165) is 9.86 Å². The summed E-state index contributed by atoms with van der Waals surface area (Å²) in [5.74, 6) is -0.158. The Labute approximate surface area is 129 Å². The highest BCUT2D eigenvalue weighted by atomic mass is 79.9. The molecule has 0 spiro atoms. The standard InChI is InChI=1S/C17H11BrFNO/c18-13-6-9-15(19)12(10-13)5-8-14-7-4-11-2-1-3-16(21)17(11)20-14/h1-10,21H/b8-5+. The number of hydrogen-bond acceptors (Lipinski definition) is 2. The molecule has 0 bridgehead atoms. The highest BCUT2D eigenvalue weighted by molar-refractivity contribution is 9.10. The van der Waals surface area contributed by atoms with Crippen LogP contribution < -0.4 is 0 Å². The lowest BCUT2D eigenvalue weighted by Gasteiger charge is -2.02. The van der Waals surface area contributed by atoms with E-state index in [9.17, 15) is 9.50 Å². The van der Waals surface area contributed by atoms with Crippen molar-refractivity contribution in [3.63, 3.8) is 0 Å². The van der Waals surface area contributed by atoms with Gasteiger partial charge in [0.15, 0.2) is 0 Å². The number of aromatic hydroxyl groups is 1. The zero-order chi connectivity index (χ0) is 14.8. The highest BCUT2D eigenvalue weighted by Crippen LogP contribution is 2.23. The zero-order valence-electron chi connectivity index (χ0n) is 10.9. The number of benzene rings is 2. The summed E-state index contributed by atoms with van der Waals surface area (Å²) in [6, 6.07) is 13.7. The number of nitrogens with zero attached hydrogens (tertiary/aromatic N) is 1. The Bertz CT molecular complexity index is 845. The van der Waals surface area contributed by atoms with Crippen LogP contribution in [-0.2, 0) is 0 Å². The van der Waals surface area contributed by atoms with Gasteiger partial charge in [0.1, 0.15) is 17.1 Å². The van der Waals surface area contributed by atoms with Gasteiger partial charge < -0.3 is 5.11 Å². The van der Waals surface area contributed by atoms with Gasteiger partial charge >= 0.3 is 0 Å². The van der Waals surface area contributed by atoms with Crippen LogP contribution in [0.3, 0.4) is 0 Å². The van der Waals surface area contributed by atoms with Gasteiger partial charge in [-0.25, -0.2) is 9.37 Å². The first-order valence-corrected chi connectivity index (χ1v) is 7.15. The van der Waals surface area contributed by atoms with Gasteiger partial charge in [0, 0.05) is 15.4 Å². The highest BCUT2D eigenvalue weighted by Gasteiger charge is 2.02. The van der Waals surface area contributed by atoms with Crippen LogP contribution in [0, 0.1) is 5.82 Å². The molecule has 0 saturated heterocycles. The molecule has 0 unspecified atom stereocenters.